The standard InChI is InChI=1S/C8H8F2N2O3/c9-4-1-3(2-12-7(4)10)5(13)6(14)8(11)15/h1-2,5-6,13-14H,(H2,11,15). The minimum atomic E-state index is -1.89. The molecule has 1 amide bonds. The predicted octanol–water partition coefficient (Wildman–Crippen LogP) is -0.761. The zero-order valence-corrected chi connectivity index (χ0v) is 7.39. The number of aromatic nitrogens is 1. The highest BCUT2D eigenvalue weighted by atomic mass is 19.2. The van der Waals surface area contributed by atoms with Crippen LogP contribution in [0.15, 0.2) is 12.3 Å². The fourth-order valence-corrected chi connectivity index (χ4v) is 0.936. The molecule has 0 spiro atoms. The lowest BCUT2D eigenvalue weighted by Crippen LogP contribution is -2.34. The van der Waals surface area contributed by atoms with Crippen molar-refractivity contribution < 1.29 is 23.8 Å². The first-order chi connectivity index (χ1) is 6.93. The summed E-state index contributed by atoms with van der Waals surface area (Å²) in [6, 6.07) is 0.624. The maximum absolute atomic E-state index is 12.7. The summed E-state index contributed by atoms with van der Waals surface area (Å²) < 4.78 is 25.1. The Bertz CT molecular complexity index is 386. The van der Waals surface area contributed by atoms with E-state index >= 15 is 0 Å². The molecule has 1 aromatic heterocycles. The number of hydrogen-bond acceptors (Lipinski definition) is 4. The van der Waals surface area contributed by atoms with Crippen LogP contribution in [-0.2, 0) is 4.79 Å². The highest BCUT2D eigenvalue weighted by Gasteiger charge is 2.24. The molecule has 2 unspecified atom stereocenters. The number of hydrogen-bond donors (Lipinski definition) is 3. The molecule has 0 fully saturated rings. The topological polar surface area (TPSA) is 96.4 Å². The molecule has 0 bridgehead atoms. The van der Waals surface area contributed by atoms with Crippen molar-refractivity contribution in [2.75, 3.05) is 0 Å². The Hall–Kier alpha value is -1.60. The van der Waals surface area contributed by atoms with Gasteiger partial charge in [-0.1, -0.05) is 0 Å². The summed E-state index contributed by atoms with van der Waals surface area (Å²) >= 11 is 0. The van der Waals surface area contributed by atoms with E-state index in [4.69, 9.17) is 10.8 Å². The number of rotatable bonds is 3. The molecule has 1 heterocycles. The van der Waals surface area contributed by atoms with Gasteiger partial charge in [0, 0.05) is 11.8 Å². The predicted molar refractivity (Wildman–Crippen MR) is 44.3 cm³/mol. The summed E-state index contributed by atoms with van der Waals surface area (Å²) in [5.74, 6) is -3.80. The first-order valence-electron chi connectivity index (χ1n) is 3.90. The first kappa shape index (κ1) is 11.5. The third-order valence-corrected chi connectivity index (χ3v) is 1.75. The van der Waals surface area contributed by atoms with Gasteiger partial charge in [0.25, 0.3) is 0 Å². The van der Waals surface area contributed by atoms with E-state index < -0.39 is 29.9 Å². The lowest BCUT2D eigenvalue weighted by molar-refractivity contribution is -0.132. The van der Waals surface area contributed by atoms with Crippen LogP contribution < -0.4 is 5.73 Å². The maximum atomic E-state index is 12.7. The molecule has 0 saturated carbocycles. The van der Waals surface area contributed by atoms with E-state index in [0.29, 0.717) is 6.07 Å². The molecular formula is C8H8F2N2O3. The van der Waals surface area contributed by atoms with Gasteiger partial charge in [-0.2, -0.15) is 4.39 Å². The minimum Gasteiger partial charge on any atom is -0.385 e. The monoisotopic (exact) mass is 218 g/mol. The molecule has 15 heavy (non-hydrogen) atoms. The van der Waals surface area contributed by atoms with Gasteiger partial charge in [-0.25, -0.2) is 9.37 Å². The number of amides is 1. The molecular weight excluding hydrogens is 210 g/mol. The number of aliphatic hydroxyl groups excluding tert-OH is 2. The molecule has 4 N–H and O–H groups in total. The van der Waals surface area contributed by atoms with Crippen LogP contribution >= 0.6 is 0 Å². The fraction of sp³-hybridized carbons (Fsp3) is 0.250. The Morgan fingerprint density at radius 3 is 2.53 bits per heavy atom. The van der Waals surface area contributed by atoms with Gasteiger partial charge in [0.15, 0.2) is 11.9 Å². The average molecular weight is 218 g/mol. The van der Waals surface area contributed by atoms with Crippen molar-refractivity contribution >= 4 is 5.91 Å². The average Bonchev–Trinajstić information content (AvgIpc) is 2.19. The van der Waals surface area contributed by atoms with Gasteiger partial charge < -0.3 is 15.9 Å². The summed E-state index contributed by atoms with van der Waals surface area (Å²) in [4.78, 5) is 13.5. The quantitative estimate of drug-likeness (QED) is 0.581. The van der Waals surface area contributed by atoms with Gasteiger partial charge >= 0.3 is 0 Å². The molecule has 0 aliphatic heterocycles. The van der Waals surface area contributed by atoms with Crippen LogP contribution in [0.2, 0.25) is 0 Å². The van der Waals surface area contributed by atoms with Gasteiger partial charge in [-0.3, -0.25) is 4.79 Å². The Balaban J connectivity index is 2.96. The number of halogens is 2. The first-order valence-corrected chi connectivity index (χ1v) is 3.90. The van der Waals surface area contributed by atoms with E-state index in [1.54, 1.807) is 0 Å². The maximum Gasteiger partial charge on any atom is 0.249 e. The van der Waals surface area contributed by atoms with E-state index in [2.05, 4.69) is 4.98 Å². The van der Waals surface area contributed by atoms with Crippen LogP contribution in [0.5, 0.6) is 0 Å². The second-order valence-corrected chi connectivity index (χ2v) is 2.83. The molecule has 5 nitrogen and oxygen atoms in total. The molecule has 1 rings (SSSR count). The van der Waals surface area contributed by atoms with Crippen molar-refractivity contribution in [2.24, 2.45) is 5.73 Å². The van der Waals surface area contributed by atoms with Gasteiger partial charge in [-0.05, 0) is 6.07 Å². The lowest BCUT2D eigenvalue weighted by Gasteiger charge is -2.14. The smallest absolute Gasteiger partial charge is 0.249 e. The third kappa shape index (κ3) is 2.45. The number of carbonyl (C=O) groups is 1. The number of primary amides is 1. The van der Waals surface area contributed by atoms with Crippen molar-refractivity contribution in [1.82, 2.24) is 4.98 Å². The fourth-order valence-electron chi connectivity index (χ4n) is 0.936. The van der Waals surface area contributed by atoms with Crippen LogP contribution in [0.25, 0.3) is 0 Å². The molecule has 1 aromatic rings. The van der Waals surface area contributed by atoms with Gasteiger partial charge in [-0.15, -0.1) is 0 Å². The van der Waals surface area contributed by atoms with E-state index in [-0.39, 0.29) is 5.56 Å². The number of nitrogens with two attached hydrogens (primary N) is 1. The van der Waals surface area contributed by atoms with Gasteiger partial charge in [0.05, 0.1) is 0 Å². The zero-order valence-electron chi connectivity index (χ0n) is 7.39. The normalized spacial score (nSPS) is 14.7. The Labute approximate surface area is 83.2 Å². The largest absolute Gasteiger partial charge is 0.385 e. The molecule has 7 heteroatoms. The zero-order chi connectivity index (χ0) is 11.6. The van der Waals surface area contributed by atoms with Crippen molar-refractivity contribution in [2.45, 2.75) is 12.2 Å². The number of aliphatic hydroxyl groups is 2. The summed E-state index contributed by atoms with van der Waals surface area (Å²) in [5, 5.41) is 18.3. The number of nitrogens with zero attached hydrogens (tertiary/aromatic N) is 1. The van der Waals surface area contributed by atoms with Gasteiger partial charge in [0.1, 0.15) is 6.10 Å². The second-order valence-electron chi connectivity index (χ2n) is 2.83. The van der Waals surface area contributed by atoms with Crippen LogP contribution in [0.1, 0.15) is 11.7 Å². The van der Waals surface area contributed by atoms with Crippen molar-refractivity contribution in [3.63, 3.8) is 0 Å². The summed E-state index contributed by atoms with van der Waals surface area (Å²) in [6.45, 7) is 0. The van der Waals surface area contributed by atoms with E-state index in [1.165, 1.54) is 0 Å². The van der Waals surface area contributed by atoms with Crippen molar-refractivity contribution in [3.8, 4) is 0 Å². The van der Waals surface area contributed by atoms with Crippen molar-refractivity contribution in [1.29, 1.82) is 0 Å². The Morgan fingerprint density at radius 1 is 1.47 bits per heavy atom. The lowest BCUT2D eigenvalue weighted by atomic mass is 10.1. The Kier molecular flexibility index (Phi) is 3.28. The number of carbonyl (C=O) groups excluding carboxylic acids is 1. The number of pyridine rings is 1. The summed E-state index contributed by atoms with van der Waals surface area (Å²) in [6.07, 6.45) is -2.82. The molecule has 0 saturated heterocycles. The highest BCUT2D eigenvalue weighted by Crippen LogP contribution is 2.17. The second kappa shape index (κ2) is 4.28. The minimum absolute atomic E-state index is 0.236. The SMILES string of the molecule is NC(=O)C(O)C(O)c1cnc(F)c(F)c1. The summed E-state index contributed by atoms with van der Waals surface area (Å²) in [5.41, 5.74) is 4.47. The van der Waals surface area contributed by atoms with E-state index in [0.717, 1.165) is 6.20 Å². The van der Waals surface area contributed by atoms with Crippen LogP contribution in [0.3, 0.4) is 0 Å². The molecule has 0 aliphatic rings. The van der Waals surface area contributed by atoms with Gasteiger partial charge in [0.2, 0.25) is 11.9 Å². The van der Waals surface area contributed by atoms with Crippen LogP contribution in [0.4, 0.5) is 8.78 Å². The molecule has 2 atom stereocenters. The van der Waals surface area contributed by atoms with E-state index in [9.17, 15) is 18.7 Å². The molecule has 0 aliphatic carbocycles. The third-order valence-electron chi connectivity index (χ3n) is 1.75. The van der Waals surface area contributed by atoms with Crippen molar-refractivity contribution in [3.05, 3.63) is 29.6 Å². The molecule has 82 valence electrons. The highest BCUT2D eigenvalue weighted by molar-refractivity contribution is 5.79. The van der Waals surface area contributed by atoms with Crippen LogP contribution in [-0.4, -0.2) is 27.2 Å². The summed E-state index contributed by atoms with van der Waals surface area (Å²) in [7, 11) is 0. The van der Waals surface area contributed by atoms with Crippen LogP contribution in [0, 0.1) is 11.8 Å². The molecule has 0 radical (unpaired) electrons. The Morgan fingerprint density at radius 2 is 2.07 bits per heavy atom. The van der Waals surface area contributed by atoms with E-state index in [1.807, 2.05) is 0 Å². The molecule has 0 aromatic carbocycles.